The number of aromatic nitrogens is 4. The summed E-state index contributed by atoms with van der Waals surface area (Å²) in [6.45, 7) is 2.07. The van der Waals surface area contributed by atoms with Gasteiger partial charge in [0.2, 0.25) is 5.95 Å². The predicted octanol–water partition coefficient (Wildman–Crippen LogP) is 2.32. The molecular formula is C11H15BrN6. The van der Waals surface area contributed by atoms with Crippen molar-refractivity contribution in [2.75, 3.05) is 17.7 Å². The Bertz CT molecular complexity index is 550. The Labute approximate surface area is 114 Å². The Morgan fingerprint density at radius 2 is 2.22 bits per heavy atom. The van der Waals surface area contributed by atoms with E-state index in [4.69, 9.17) is 0 Å². The van der Waals surface area contributed by atoms with Crippen molar-refractivity contribution in [3.05, 3.63) is 22.6 Å². The zero-order valence-electron chi connectivity index (χ0n) is 10.5. The van der Waals surface area contributed by atoms with Gasteiger partial charge < -0.3 is 10.6 Å². The first-order valence-electron chi connectivity index (χ1n) is 5.64. The first-order chi connectivity index (χ1) is 8.63. The molecule has 0 atom stereocenters. The third kappa shape index (κ3) is 2.61. The fourth-order valence-electron chi connectivity index (χ4n) is 1.60. The van der Waals surface area contributed by atoms with Gasteiger partial charge in [-0.15, -0.1) is 0 Å². The maximum Gasteiger partial charge on any atom is 0.224 e. The topological polar surface area (TPSA) is 67.7 Å². The van der Waals surface area contributed by atoms with E-state index >= 15 is 0 Å². The molecule has 2 N–H and O–H groups in total. The summed E-state index contributed by atoms with van der Waals surface area (Å²) in [7, 11) is 3.69. The van der Waals surface area contributed by atoms with Gasteiger partial charge >= 0.3 is 0 Å². The molecule has 0 spiro atoms. The Morgan fingerprint density at radius 3 is 2.89 bits per heavy atom. The van der Waals surface area contributed by atoms with Crippen LogP contribution in [0.3, 0.4) is 0 Å². The summed E-state index contributed by atoms with van der Waals surface area (Å²) < 4.78 is 2.60. The highest BCUT2D eigenvalue weighted by Crippen LogP contribution is 2.25. The van der Waals surface area contributed by atoms with Gasteiger partial charge in [0.25, 0.3) is 0 Å². The second-order valence-corrected chi connectivity index (χ2v) is 4.64. The average molecular weight is 311 g/mol. The van der Waals surface area contributed by atoms with Gasteiger partial charge in [0.1, 0.15) is 5.82 Å². The highest BCUT2D eigenvalue weighted by atomic mass is 79.9. The highest BCUT2D eigenvalue weighted by Gasteiger charge is 2.10. The maximum absolute atomic E-state index is 4.38. The zero-order valence-corrected chi connectivity index (χ0v) is 12.1. The van der Waals surface area contributed by atoms with Crippen molar-refractivity contribution >= 4 is 33.4 Å². The average Bonchev–Trinajstić information content (AvgIpc) is 2.72. The van der Waals surface area contributed by atoms with Crippen LogP contribution < -0.4 is 10.6 Å². The van der Waals surface area contributed by atoms with Crippen LogP contribution in [0.5, 0.6) is 0 Å². The molecule has 0 amide bonds. The molecule has 2 aromatic rings. The van der Waals surface area contributed by atoms with E-state index in [-0.39, 0.29) is 0 Å². The standard InChI is InChI=1S/C11H15BrN6/c1-4-8-9(6-18(3)17-8)15-10-7(12)5-14-11(13-2)16-10/h5-6H,4H2,1-3H3,(H2,13,14,15,16). The van der Waals surface area contributed by atoms with Gasteiger partial charge in [-0.1, -0.05) is 6.92 Å². The molecule has 0 aliphatic heterocycles. The molecule has 2 aromatic heterocycles. The Balaban J connectivity index is 2.32. The highest BCUT2D eigenvalue weighted by molar-refractivity contribution is 9.10. The van der Waals surface area contributed by atoms with Crippen molar-refractivity contribution in [2.45, 2.75) is 13.3 Å². The molecule has 2 heterocycles. The smallest absolute Gasteiger partial charge is 0.224 e. The lowest BCUT2D eigenvalue weighted by Crippen LogP contribution is -2.01. The van der Waals surface area contributed by atoms with Crippen LogP contribution in [0.25, 0.3) is 0 Å². The lowest BCUT2D eigenvalue weighted by atomic mass is 10.3. The molecule has 7 heteroatoms. The van der Waals surface area contributed by atoms with Crippen LogP contribution in [0.4, 0.5) is 17.5 Å². The lowest BCUT2D eigenvalue weighted by Gasteiger charge is -2.08. The fourth-order valence-corrected chi connectivity index (χ4v) is 1.89. The summed E-state index contributed by atoms with van der Waals surface area (Å²) in [6.07, 6.45) is 4.51. The minimum absolute atomic E-state index is 0.572. The number of halogens is 1. The monoisotopic (exact) mass is 310 g/mol. The van der Waals surface area contributed by atoms with Crippen molar-refractivity contribution in [1.82, 2.24) is 19.7 Å². The van der Waals surface area contributed by atoms with E-state index in [0.29, 0.717) is 5.95 Å². The molecule has 0 bridgehead atoms. The van der Waals surface area contributed by atoms with E-state index in [1.54, 1.807) is 17.9 Å². The Kier molecular flexibility index (Phi) is 3.81. The van der Waals surface area contributed by atoms with Crippen LogP contribution in [0, 0.1) is 0 Å². The molecule has 0 aromatic carbocycles. The predicted molar refractivity (Wildman–Crippen MR) is 75.1 cm³/mol. The number of hydrogen-bond acceptors (Lipinski definition) is 5. The van der Waals surface area contributed by atoms with Gasteiger partial charge in [-0.3, -0.25) is 4.68 Å². The van der Waals surface area contributed by atoms with E-state index in [2.05, 4.69) is 48.6 Å². The molecule has 0 saturated carbocycles. The van der Waals surface area contributed by atoms with Crippen molar-refractivity contribution < 1.29 is 0 Å². The first kappa shape index (κ1) is 12.8. The Morgan fingerprint density at radius 1 is 1.44 bits per heavy atom. The first-order valence-corrected chi connectivity index (χ1v) is 6.43. The summed E-state index contributed by atoms with van der Waals surface area (Å²) in [5.41, 5.74) is 1.97. The van der Waals surface area contributed by atoms with Crippen LogP contribution in [-0.2, 0) is 13.5 Å². The summed E-state index contributed by atoms with van der Waals surface area (Å²) in [5, 5.41) is 10.6. The minimum Gasteiger partial charge on any atom is -0.357 e. The molecule has 18 heavy (non-hydrogen) atoms. The number of rotatable bonds is 4. The van der Waals surface area contributed by atoms with Gasteiger partial charge in [0, 0.05) is 26.5 Å². The molecule has 0 unspecified atom stereocenters. The van der Waals surface area contributed by atoms with Gasteiger partial charge in [0.15, 0.2) is 0 Å². The van der Waals surface area contributed by atoms with Crippen LogP contribution in [0.1, 0.15) is 12.6 Å². The summed E-state index contributed by atoms with van der Waals surface area (Å²) in [6, 6.07) is 0. The fraction of sp³-hybridized carbons (Fsp3) is 0.364. The third-order valence-electron chi connectivity index (χ3n) is 2.46. The second kappa shape index (κ2) is 5.34. The van der Waals surface area contributed by atoms with E-state index in [1.165, 1.54) is 0 Å². The summed E-state index contributed by atoms with van der Waals surface area (Å²) >= 11 is 3.43. The maximum atomic E-state index is 4.38. The molecule has 96 valence electrons. The SMILES string of the molecule is CCc1nn(C)cc1Nc1nc(NC)ncc1Br. The van der Waals surface area contributed by atoms with Crippen LogP contribution >= 0.6 is 15.9 Å². The van der Waals surface area contributed by atoms with Gasteiger partial charge in [-0.2, -0.15) is 10.1 Å². The molecule has 2 rings (SSSR count). The van der Waals surface area contributed by atoms with Gasteiger partial charge in [-0.05, 0) is 22.4 Å². The van der Waals surface area contributed by atoms with E-state index in [0.717, 1.165) is 28.1 Å². The van der Waals surface area contributed by atoms with Crippen molar-refractivity contribution in [1.29, 1.82) is 0 Å². The molecule has 0 radical (unpaired) electrons. The summed E-state index contributed by atoms with van der Waals surface area (Å²) in [4.78, 5) is 8.47. The van der Waals surface area contributed by atoms with E-state index < -0.39 is 0 Å². The molecule has 0 saturated heterocycles. The minimum atomic E-state index is 0.572. The molecule has 0 fully saturated rings. The van der Waals surface area contributed by atoms with Crippen LogP contribution in [0.15, 0.2) is 16.9 Å². The lowest BCUT2D eigenvalue weighted by molar-refractivity contribution is 0.746. The molecule has 0 aliphatic rings. The van der Waals surface area contributed by atoms with Crippen molar-refractivity contribution in [3.63, 3.8) is 0 Å². The van der Waals surface area contributed by atoms with Crippen molar-refractivity contribution in [2.24, 2.45) is 7.05 Å². The normalized spacial score (nSPS) is 10.4. The molecule has 6 nitrogen and oxygen atoms in total. The number of aryl methyl sites for hydroxylation is 2. The van der Waals surface area contributed by atoms with E-state index in [9.17, 15) is 0 Å². The van der Waals surface area contributed by atoms with Crippen molar-refractivity contribution in [3.8, 4) is 0 Å². The van der Waals surface area contributed by atoms with E-state index in [1.807, 2.05) is 13.2 Å². The van der Waals surface area contributed by atoms with Gasteiger partial charge in [0.05, 0.1) is 15.9 Å². The second-order valence-electron chi connectivity index (χ2n) is 3.78. The van der Waals surface area contributed by atoms with Crippen LogP contribution in [0.2, 0.25) is 0 Å². The molecular weight excluding hydrogens is 296 g/mol. The zero-order chi connectivity index (χ0) is 13.1. The number of anilines is 3. The number of nitrogens with zero attached hydrogens (tertiary/aromatic N) is 4. The quantitative estimate of drug-likeness (QED) is 0.907. The summed E-state index contributed by atoms with van der Waals surface area (Å²) in [5.74, 6) is 1.29. The molecule has 0 aliphatic carbocycles. The van der Waals surface area contributed by atoms with Crippen LogP contribution in [-0.4, -0.2) is 26.8 Å². The van der Waals surface area contributed by atoms with Gasteiger partial charge in [-0.25, -0.2) is 4.98 Å². The Hall–Kier alpha value is -1.63. The number of nitrogens with one attached hydrogen (secondary N) is 2. The largest absolute Gasteiger partial charge is 0.357 e. The third-order valence-corrected chi connectivity index (χ3v) is 3.04. The number of hydrogen-bond donors (Lipinski definition) is 2.